The normalized spacial score (nSPS) is 13.3. The number of allylic oxidation sites excluding steroid dienone is 1. The molecule has 1 heterocycles. The lowest BCUT2D eigenvalue weighted by Gasteiger charge is -2.24. The number of methoxy groups -OCH3 is 2. The number of fused-ring (bicyclic) bond motifs is 1. The number of sulfonamides is 1. The Bertz CT molecular complexity index is 1230. The summed E-state index contributed by atoms with van der Waals surface area (Å²) in [5, 5.41) is 0.289. The number of nitrogens with zero attached hydrogens (tertiary/aromatic N) is 3. The number of hydrogen-bond acceptors (Lipinski definition) is 7. The first kappa shape index (κ1) is 21.8. The van der Waals surface area contributed by atoms with E-state index in [9.17, 15) is 8.42 Å². The third-order valence-electron chi connectivity index (χ3n) is 5.03. The fourth-order valence-corrected chi connectivity index (χ4v) is 6.23. The summed E-state index contributed by atoms with van der Waals surface area (Å²) in [5.74, 6) is 1.16. The van der Waals surface area contributed by atoms with Gasteiger partial charge in [0.2, 0.25) is 5.13 Å². The Balaban J connectivity index is 1.76. The van der Waals surface area contributed by atoms with Gasteiger partial charge in [0, 0.05) is 27.6 Å². The van der Waals surface area contributed by atoms with E-state index in [0.717, 1.165) is 40.0 Å². The van der Waals surface area contributed by atoms with Crippen LogP contribution in [0.5, 0.6) is 11.5 Å². The predicted octanol–water partition coefficient (Wildman–Crippen LogP) is 4.63. The fraction of sp³-hybridized carbons (Fsp3) is 0.238. The Morgan fingerprint density at radius 1 is 1.16 bits per heavy atom. The first-order chi connectivity index (χ1) is 14.9. The number of aromatic nitrogens is 2. The number of anilines is 1. The summed E-state index contributed by atoms with van der Waals surface area (Å²) in [7, 11) is -0.790. The Hall–Kier alpha value is -2.43. The van der Waals surface area contributed by atoms with Crippen LogP contribution in [0.1, 0.15) is 23.1 Å². The molecule has 0 saturated carbocycles. The molecule has 10 heteroatoms. The first-order valence-corrected chi connectivity index (χ1v) is 12.4. The van der Waals surface area contributed by atoms with E-state index in [1.54, 1.807) is 37.4 Å². The first-order valence-electron chi connectivity index (χ1n) is 9.43. The summed E-state index contributed by atoms with van der Waals surface area (Å²) < 4.78 is 44.4. The Morgan fingerprint density at radius 2 is 2.00 bits per heavy atom. The van der Waals surface area contributed by atoms with Crippen LogP contribution < -0.4 is 13.8 Å². The highest BCUT2D eigenvalue weighted by Crippen LogP contribution is 2.35. The Labute approximate surface area is 193 Å². The summed E-state index contributed by atoms with van der Waals surface area (Å²) >= 11 is 4.58. The summed E-state index contributed by atoms with van der Waals surface area (Å²) in [6.45, 7) is 0.0470. The highest BCUT2D eigenvalue weighted by Gasteiger charge is 2.29. The van der Waals surface area contributed by atoms with Crippen LogP contribution in [-0.2, 0) is 23.0 Å². The molecule has 1 aliphatic carbocycles. The number of benzene rings is 2. The molecule has 1 aromatic heterocycles. The lowest BCUT2D eigenvalue weighted by molar-refractivity contribution is 0.391. The van der Waals surface area contributed by atoms with Crippen LogP contribution in [0.3, 0.4) is 0 Å². The maximum Gasteiger partial charge on any atom is 0.266 e. The monoisotopic (exact) mass is 521 g/mol. The van der Waals surface area contributed by atoms with Crippen molar-refractivity contribution in [2.75, 3.05) is 18.5 Å². The fourth-order valence-electron chi connectivity index (χ4n) is 3.43. The van der Waals surface area contributed by atoms with Crippen LogP contribution in [0, 0.1) is 0 Å². The lowest BCUT2D eigenvalue weighted by Crippen LogP contribution is -2.31. The van der Waals surface area contributed by atoms with Crippen molar-refractivity contribution in [3.63, 3.8) is 0 Å². The molecule has 31 heavy (non-hydrogen) atoms. The third kappa shape index (κ3) is 4.32. The Morgan fingerprint density at radius 3 is 2.71 bits per heavy atom. The summed E-state index contributed by atoms with van der Waals surface area (Å²) in [5.41, 5.74) is 2.70. The van der Waals surface area contributed by atoms with E-state index in [0.29, 0.717) is 17.1 Å². The van der Waals surface area contributed by atoms with Crippen LogP contribution in [0.4, 0.5) is 5.13 Å². The van der Waals surface area contributed by atoms with Gasteiger partial charge in [0.25, 0.3) is 10.0 Å². The van der Waals surface area contributed by atoms with Gasteiger partial charge in [0.1, 0.15) is 17.8 Å². The second-order valence-electron chi connectivity index (χ2n) is 6.82. The molecule has 0 atom stereocenters. The van der Waals surface area contributed by atoms with Gasteiger partial charge in [-0.1, -0.05) is 28.1 Å². The number of hydrogen-bond donors (Lipinski definition) is 0. The van der Waals surface area contributed by atoms with Crippen LogP contribution in [0.25, 0.3) is 4.48 Å². The molecule has 0 unspecified atom stereocenters. The summed E-state index contributed by atoms with van der Waals surface area (Å²) in [6.07, 6.45) is 5.10. The average Bonchev–Trinajstić information content (AvgIpc) is 3.31. The predicted molar refractivity (Wildman–Crippen MR) is 124 cm³/mol. The zero-order chi connectivity index (χ0) is 22.0. The second-order valence-corrected chi connectivity index (χ2v) is 10.3. The lowest BCUT2D eigenvalue weighted by atomic mass is 9.98. The number of halogens is 1. The minimum Gasteiger partial charge on any atom is -0.497 e. The van der Waals surface area contributed by atoms with Gasteiger partial charge in [0.15, 0.2) is 0 Å². The molecule has 3 aromatic rings. The molecule has 4 rings (SSSR count). The number of aryl methyl sites for hydroxylation is 1. The van der Waals surface area contributed by atoms with Crippen molar-refractivity contribution in [3.8, 4) is 11.5 Å². The maximum absolute atomic E-state index is 13.7. The molecule has 0 fully saturated rings. The average molecular weight is 522 g/mol. The summed E-state index contributed by atoms with van der Waals surface area (Å²) in [6, 6.07) is 10.5. The van der Waals surface area contributed by atoms with Crippen molar-refractivity contribution < 1.29 is 17.9 Å². The quantitative estimate of drug-likeness (QED) is 0.450. The molecule has 162 valence electrons. The van der Waals surface area contributed by atoms with Gasteiger partial charge in [-0.25, -0.2) is 17.7 Å². The van der Waals surface area contributed by atoms with E-state index < -0.39 is 10.0 Å². The molecule has 0 radical (unpaired) electrons. The highest BCUT2D eigenvalue weighted by molar-refractivity contribution is 9.15. The van der Waals surface area contributed by atoms with E-state index in [1.807, 2.05) is 6.07 Å². The molecule has 0 bridgehead atoms. The van der Waals surface area contributed by atoms with E-state index in [-0.39, 0.29) is 16.6 Å². The van der Waals surface area contributed by atoms with Gasteiger partial charge in [-0.3, -0.25) is 0 Å². The molecule has 0 N–H and O–H groups in total. The van der Waals surface area contributed by atoms with Crippen molar-refractivity contribution >= 4 is 47.1 Å². The maximum atomic E-state index is 13.7. The molecule has 0 spiro atoms. The minimum absolute atomic E-state index is 0.0470. The van der Waals surface area contributed by atoms with Crippen molar-refractivity contribution in [3.05, 3.63) is 65.5 Å². The van der Waals surface area contributed by atoms with Gasteiger partial charge in [0.05, 0.1) is 25.7 Å². The molecular weight excluding hydrogens is 502 g/mol. The van der Waals surface area contributed by atoms with Gasteiger partial charge < -0.3 is 9.47 Å². The molecule has 2 aromatic carbocycles. The van der Waals surface area contributed by atoms with E-state index in [2.05, 4.69) is 31.4 Å². The molecule has 0 aliphatic heterocycles. The van der Waals surface area contributed by atoms with E-state index in [4.69, 9.17) is 9.47 Å². The van der Waals surface area contributed by atoms with Crippen LogP contribution in [0.2, 0.25) is 0 Å². The SMILES string of the molecule is COc1ccc(CN(c2ncns2)S(=O)(=O)c2ccc3c(c2)CCC=C3Br)c(OC)c1. The summed E-state index contributed by atoms with van der Waals surface area (Å²) in [4.78, 5) is 4.38. The minimum atomic E-state index is -3.89. The van der Waals surface area contributed by atoms with Crippen LogP contribution in [0.15, 0.2) is 53.7 Å². The van der Waals surface area contributed by atoms with Crippen molar-refractivity contribution in [2.24, 2.45) is 0 Å². The molecule has 1 aliphatic rings. The number of ether oxygens (including phenoxy) is 2. The van der Waals surface area contributed by atoms with Gasteiger partial charge in [-0.15, -0.1) is 0 Å². The highest BCUT2D eigenvalue weighted by atomic mass is 79.9. The van der Waals surface area contributed by atoms with Gasteiger partial charge in [-0.05, 0) is 48.2 Å². The largest absolute Gasteiger partial charge is 0.497 e. The standard InChI is InChI=1S/C21H20BrN3O4S2/c1-28-16-7-6-15(20(11-16)29-2)12-25(21-23-13-24-30-21)31(26,27)17-8-9-18-14(10-17)4-3-5-19(18)22/h5-11,13H,3-4,12H2,1-2H3. The van der Waals surface area contributed by atoms with Crippen molar-refractivity contribution in [1.29, 1.82) is 0 Å². The topological polar surface area (TPSA) is 81.6 Å². The van der Waals surface area contributed by atoms with Crippen LogP contribution in [-0.4, -0.2) is 32.0 Å². The van der Waals surface area contributed by atoms with Crippen molar-refractivity contribution in [1.82, 2.24) is 9.36 Å². The Kier molecular flexibility index (Phi) is 6.31. The van der Waals surface area contributed by atoms with E-state index in [1.165, 1.54) is 17.7 Å². The second kappa shape index (κ2) is 8.97. The third-order valence-corrected chi connectivity index (χ3v) is 8.32. The van der Waals surface area contributed by atoms with Gasteiger partial charge in [-0.2, -0.15) is 4.37 Å². The smallest absolute Gasteiger partial charge is 0.266 e. The zero-order valence-corrected chi connectivity index (χ0v) is 20.1. The molecule has 0 saturated heterocycles. The zero-order valence-electron chi connectivity index (χ0n) is 16.9. The van der Waals surface area contributed by atoms with E-state index >= 15 is 0 Å². The van der Waals surface area contributed by atoms with Crippen LogP contribution >= 0.6 is 27.5 Å². The number of rotatable bonds is 7. The molecule has 0 amide bonds. The molecular formula is C21H20BrN3O4S2. The van der Waals surface area contributed by atoms with Crippen molar-refractivity contribution in [2.45, 2.75) is 24.3 Å². The van der Waals surface area contributed by atoms with Gasteiger partial charge >= 0.3 is 0 Å². The molecule has 7 nitrogen and oxygen atoms in total.